The Balaban J connectivity index is -0.0000000461. The van der Waals surface area contributed by atoms with Gasteiger partial charge in [-0.2, -0.15) is 31.0 Å². The SMILES string of the molecule is [CH2-]CC.[CH2-]CC.[Cl-].[Zr+4].c1cc[cH-]c1. The van der Waals surface area contributed by atoms with Crippen molar-refractivity contribution in [3.63, 3.8) is 0 Å². The van der Waals surface area contributed by atoms with E-state index in [9.17, 15) is 0 Å². The Labute approximate surface area is 109 Å². The van der Waals surface area contributed by atoms with E-state index >= 15 is 0 Å². The fourth-order valence-corrected chi connectivity index (χ4v) is 0.321. The quantitative estimate of drug-likeness (QED) is 0.618. The van der Waals surface area contributed by atoms with Gasteiger partial charge in [-0.05, 0) is 0 Å². The number of rotatable bonds is 0. The minimum atomic E-state index is 0. The molecule has 0 aromatic heterocycles. The molecule has 0 saturated carbocycles. The van der Waals surface area contributed by atoms with Gasteiger partial charge in [0.2, 0.25) is 0 Å². The fourth-order valence-electron chi connectivity index (χ4n) is 0.321. The zero-order chi connectivity index (χ0) is 8.95. The molecule has 0 spiro atoms. The second-order valence-electron chi connectivity index (χ2n) is 1.96. The van der Waals surface area contributed by atoms with E-state index in [4.69, 9.17) is 0 Å². The topological polar surface area (TPSA) is 0 Å². The van der Waals surface area contributed by atoms with Crippen LogP contribution in [0.3, 0.4) is 0 Å². The molecule has 0 saturated heterocycles. The third kappa shape index (κ3) is 45.5. The summed E-state index contributed by atoms with van der Waals surface area (Å²) in [6.07, 6.45) is 2.00. The first-order valence-corrected chi connectivity index (χ1v) is 4.08. The summed E-state index contributed by atoms with van der Waals surface area (Å²) in [5.41, 5.74) is 0. The predicted octanol–water partition coefficient (Wildman–Crippen LogP) is 0.868. The van der Waals surface area contributed by atoms with E-state index in [0.29, 0.717) is 0 Å². The molecule has 0 aliphatic carbocycles. The zero-order valence-electron chi connectivity index (χ0n) is 8.59. The summed E-state index contributed by atoms with van der Waals surface area (Å²) in [7, 11) is 0. The van der Waals surface area contributed by atoms with Crippen LogP contribution in [-0.2, 0) is 26.2 Å². The molecule has 0 bridgehead atoms. The molecule has 0 amide bonds. The fraction of sp³-hybridized carbons (Fsp3) is 0.364. The zero-order valence-corrected chi connectivity index (χ0v) is 11.8. The van der Waals surface area contributed by atoms with Crippen molar-refractivity contribution in [2.24, 2.45) is 0 Å². The van der Waals surface area contributed by atoms with Crippen molar-refractivity contribution < 1.29 is 38.6 Å². The Morgan fingerprint density at radius 3 is 1.31 bits per heavy atom. The summed E-state index contributed by atoms with van der Waals surface area (Å²) in [5, 5.41) is 0. The Hall–Kier alpha value is 0.523. The van der Waals surface area contributed by atoms with Crippen molar-refractivity contribution >= 4 is 0 Å². The van der Waals surface area contributed by atoms with Crippen LogP contribution in [0.15, 0.2) is 30.3 Å². The molecular weight excluding hydrogens is 259 g/mol. The summed E-state index contributed by atoms with van der Waals surface area (Å²) in [5.74, 6) is 0. The summed E-state index contributed by atoms with van der Waals surface area (Å²) >= 11 is 0. The molecule has 0 heterocycles. The van der Waals surface area contributed by atoms with Crippen molar-refractivity contribution in [1.82, 2.24) is 0 Å². The van der Waals surface area contributed by atoms with E-state index in [1.807, 2.05) is 44.2 Å². The molecule has 0 unspecified atom stereocenters. The van der Waals surface area contributed by atoms with Crippen LogP contribution in [-0.4, -0.2) is 0 Å². The monoisotopic (exact) mass is 276 g/mol. The molecule has 74 valence electrons. The van der Waals surface area contributed by atoms with Gasteiger partial charge in [0.1, 0.15) is 0 Å². The maximum absolute atomic E-state index is 3.49. The third-order valence-electron chi connectivity index (χ3n) is 0.556. The first-order valence-electron chi connectivity index (χ1n) is 4.08. The minimum absolute atomic E-state index is 0. The standard InChI is InChI=1S/C5H5.2C3H7.ClH.Zr/c1-2-4-5-3-1;2*1-3-2;;/h1-5H;2*1,3H2,2H3;1H;/q3*-1;;+4/p-1. The molecule has 0 fully saturated rings. The van der Waals surface area contributed by atoms with Crippen molar-refractivity contribution in [3.05, 3.63) is 44.2 Å². The van der Waals surface area contributed by atoms with Gasteiger partial charge in [-0.3, -0.25) is 0 Å². The van der Waals surface area contributed by atoms with E-state index in [1.54, 1.807) is 0 Å². The average molecular weight is 278 g/mol. The van der Waals surface area contributed by atoms with Crippen molar-refractivity contribution in [3.8, 4) is 0 Å². The number of halogens is 1. The Bertz CT molecular complexity index is 85.6. The van der Waals surface area contributed by atoms with Crippen LogP contribution in [0.5, 0.6) is 0 Å². The van der Waals surface area contributed by atoms with Crippen LogP contribution in [0.2, 0.25) is 0 Å². The minimum Gasteiger partial charge on any atom is -1.00 e. The molecule has 0 aliphatic rings. The van der Waals surface area contributed by atoms with Crippen molar-refractivity contribution in [2.75, 3.05) is 0 Å². The van der Waals surface area contributed by atoms with Crippen LogP contribution in [0.1, 0.15) is 26.7 Å². The van der Waals surface area contributed by atoms with Gasteiger partial charge in [-0.15, -0.1) is 0 Å². The van der Waals surface area contributed by atoms with Gasteiger partial charge < -0.3 is 26.3 Å². The van der Waals surface area contributed by atoms with Gasteiger partial charge in [0, 0.05) is 0 Å². The second-order valence-corrected chi connectivity index (χ2v) is 1.96. The van der Waals surface area contributed by atoms with Crippen LogP contribution < -0.4 is 12.4 Å². The second kappa shape index (κ2) is 29.4. The summed E-state index contributed by atoms with van der Waals surface area (Å²) in [6.45, 7) is 11.0. The van der Waals surface area contributed by atoms with Crippen LogP contribution in [0.4, 0.5) is 0 Å². The third-order valence-corrected chi connectivity index (χ3v) is 0.556. The van der Waals surface area contributed by atoms with Gasteiger partial charge in [-0.25, -0.2) is 12.1 Å². The van der Waals surface area contributed by atoms with Gasteiger partial charge in [0.25, 0.3) is 0 Å². The summed E-state index contributed by atoms with van der Waals surface area (Å²) in [4.78, 5) is 0. The van der Waals surface area contributed by atoms with Crippen LogP contribution >= 0.6 is 0 Å². The van der Waals surface area contributed by atoms with E-state index < -0.39 is 0 Å². The molecule has 0 N–H and O–H groups in total. The normalized spacial score (nSPS) is 5.85. The predicted molar refractivity (Wildman–Crippen MR) is 53.3 cm³/mol. The molecular formula is C11H19ClZr. The molecule has 13 heavy (non-hydrogen) atoms. The Morgan fingerprint density at radius 2 is 1.23 bits per heavy atom. The molecule has 0 nitrogen and oxygen atoms in total. The van der Waals surface area contributed by atoms with Gasteiger partial charge in [0.05, 0.1) is 0 Å². The van der Waals surface area contributed by atoms with Crippen molar-refractivity contribution in [2.45, 2.75) is 26.7 Å². The molecule has 1 rings (SSSR count). The molecule has 0 aliphatic heterocycles. The largest absolute Gasteiger partial charge is 4.00 e. The van der Waals surface area contributed by atoms with Gasteiger partial charge in [0.15, 0.2) is 0 Å². The van der Waals surface area contributed by atoms with Crippen LogP contribution in [0.25, 0.3) is 0 Å². The molecule has 2 heteroatoms. The molecule has 0 atom stereocenters. The van der Waals surface area contributed by atoms with Gasteiger partial charge in [-0.1, -0.05) is 13.8 Å². The van der Waals surface area contributed by atoms with E-state index in [0.717, 1.165) is 12.8 Å². The molecule has 1 aromatic carbocycles. The maximum atomic E-state index is 3.49. The van der Waals surface area contributed by atoms with Crippen molar-refractivity contribution in [1.29, 1.82) is 0 Å². The summed E-state index contributed by atoms with van der Waals surface area (Å²) < 4.78 is 0. The molecule has 1 aromatic rings. The summed E-state index contributed by atoms with van der Waals surface area (Å²) in [6, 6.07) is 10.0. The van der Waals surface area contributed by atoms with E-state index in [2.05, 4.69) is 13.8 Å². The number of hydrogen-bond donors (Lipinski definition) is 0. The number of hydrogen-bond acceptors (Lipinski definition) is 0. The smallest absolute Gasteiger partial charge is 1.00 e. The first kappa shape index (κ1) is 23.4. The Morgan fingerprint density at radius 1 is 1.00 bits per heavy atom. The molecule has 0 radical (unpaired) electrons. The Kier molecular flexibility index (Phi) is 52.9. The first-order chi connectivity index (χ1) is 5.33. The van der Waals surface area contributed by atoms with Crippen LogP contribution in [0, 0.1) is 13.8 Å². The van der Waals surface area contributed by atoms with E-state index in [1.165, 1.54) is 0 Å². The van der Waals surface area contributed by atoms with Gasteiger partial charge >= 0.3 is 26.2 Å². The average Bonchev–Trinajstić information content (AvgIpc) is 2.44. The maximum Gasteiger partial charge on any atom is 4.00 e. The van der Waals surface area contributed by atoms with E-state index in [-0.39, 0.29) is 38.6 Å².